The lowest BCUT2D eigenvalue weighted by Gasteiger charge is -2.27. The van der Waals surface area contributed by atoms with E-state index in [1.807, 2.05) is 38.1 Å². The Morgan fingerprint density at radius 3 is 1.41 bits per heavy atom. The summed E-state index contributed by atoms with van der Waals surface area (Å²) >= 11 is 0. The van der Waals surface area contributed by atoms with Crippen LogP contribution >= 0.6 is 7.37 Å². The summed E-state index contributed by atoms with van der Waals surface area (Å²) in [6.07, 6.45) is 0. The first-order chi connectivity index (χ1) is 10.4. The zero-order valence-corrected chi connectivity index (χ0v) is 13.8. The zero-order chi connectivity index (χ0) is 16.3. The molecule has 2 rings (SSSR count). The Balaban J connectivity index is 2.36. The second-order valence-electron chi connectivity index (χ2n) is 5.40. The molecule has 2 atom stereocenters. The molecule has 0 aliphatic heterocycles. The Hall–Kier alpha value is -1.45. The molecule has 0 saturated heterocycles. The molecule has 118 valence electrons. The van der Waals surface area contributed by atoms with Crippen LogP contribution in [0.1, 0.15) is 33.9 Å². The molecule has 0 aromatic heterocycles. The van der Waals surface area contributed by atoms with Crippen molar-refractivity contribution >= 4 is 7.37 Å². The molecule has 2 aromatic rings. The fourth-order valence-corrected chi connectivity index (χ4v) is 4.07. The van der Waals surface area contributed by atoms with Crippen LogP contribution in [0, 0.1) is 13.8 Å². The van der Waals surface area contributed by atoms with E-state index in [1.54, 1.807) is 24.3 Å². The fourth-order valence-electron chi connectivity index (χ4n) is 2.23. The largest absolute Gasteiger partial charge is 0.378 e. The van der Waals surface area contributed by atoms with E-state index in [4.69, 9.17) is 4.52 Å². The molecule has 0 heterocycles. The van der Waals surface area contributed by atoms with Crippen molar-refractivity contribution in [3.05, 3.63) is 70.8 Å². The van der Waals surface area contributed by atoms with Gasteiger partial charge in [0.05, 0.1) is 0 Å². The van der Waals surface area contributed by atoms with Crippen LogP contribution in [0.25, 0.3) is 0 Å². The molecule has 0 bridgehead atoms. The zero-order valence-electron chi connectivity index (χ0n) is 12.9. The number of hydrogen-bond acceptors (Lipinski definition) is 4. The van der Waals surface area contributed by atoms with Crippen molar-refractivity contribution in [3.63, 3.8) is 0 Å². The van der Waals surface area contributed by atoms with E-state index in [2.05, 4.69) is 0 Å². The topological polar surface area (TPSA) is 66.8 Å². The smallest absolute Gasteiger partial charge is 0.266 e. The van der Waals surface area contributed by atoms with Crippen molar-refractivity contribution in [2.24, 2.45) is 0 Å². The van der Waals surface area contributed by atoms with Crippen LogP contribution in [0.15, 0.2) is 48.5 Å². The van der Waals surface area contributed by atoms with Gasteiger partial charge in [-0.1, -0.05) is 59.7 Å². The number of hydrogen-bond donors (Lipinski definition) is 2. The van der Waals surface area contributed by atoms with Crippen LogP contribution < -0.4 is 0 Å². The van der Waals surface area contributed by atoms with E-state index >= 15 is 0 Å². The molecule has 0 saturated carbocycles. The van der Waals surface area contributed by atoms with Crippen molar-refractivity contribution < 1.29 is 19.3 Å². The molecule has 22 heavy (non-hydrogen) atoms. The fraction of sp³-hybridized carbons (Fsp3) is 0.294. The molecule has 0 unspecified atom stereocenters. The van der Waals surface area contributed by atoms with Gasteiger partial charge in [-0.05, 0) is 25.0 Å². The minimum Gasteiger partial charge on any atom is -0.378 e. The molecular formula is C17H21O4P. The minimum atomic E-state index is -3.75. The van der Waals surface area contributed by atoms with Gasteiger partial charge in [-0.3, -0.25) is 4.57 Å². The molecule has 0 fully saturated rings. The normalized spacial score (nSPS) is 14.6. The predicted molar refractivity (Wildman–Crippen MR) is 86.9 cm³/mol. The van der Waals surface area contributed by atoms with Gasteiger partial charge in [0.25, 0.3) is 7.37 Å². The van der Waals surface area contributed by atoms with Gasteiger partial charge in [0, 0.05) is 7.11 Å². The van der Waals surface area contributed by atoms with Gasteiger partial charge in [0.15, 0.2) is 11.7 Å². The molecule has 0 amide bonds. The van der Waals surface area contributed by atoms with Gasteiger partial charge in [-0.25, -0.2) is 0 Å². The second kappa shape index (κ2) is 6.76. The molecule has 2 aromatic carbocycles. The van der Waals surface area contributed by atoms with Crippen LogP contribution in [0.2, 0.25) is 0 Å². The van der Waals surface area contributed by atoms with E-state index in [1.165, 1.54) is 7.11 Å². The highest BCUT2D eigenvalue weighted by molar-refractivity contribution is 7.59. The van der Waals surface area contributed by atoms with Gasteiger partial charge in [-0.15, -0.1) is 0 Å². The molecule has 5 heteroatoms. The highest BCUT2D eigenvalue weighted by Crippen LogP contribution is 2.66. The quantitative estimate of drug-likeness (QED) is 0.820. The summed E-state index contributed by atoms with van der Waals surface area (Å²) in [6, 6.07) is 14.0. The first-order valence-electron chi connectivity index (χ1n) is 7.03. The van der Waals surface area contributed by atoms with Gasteiger partial charge in [-0.2, -0.15) is 0 Å². The van der Waals surface area contributed by atoms with Gasteiger partial charge >= 0.3 is 0 Å². The monoisotopic (exact) mass is 320 g/mol. The van der Waals surface area contributed by atoms with E-state index in [0.717, 1.165) is 11.1 Å². The van der Waals surface area contributed by atoms with E-state index < -0.39 is 19.1 Å². The van der Waals surface area contributed by atoms with Crippen molar-refractivity contribution in [2.75, 3.05) is 7.11 Å². The average molecular weight is 320 g/mol. The Bertz CT molecular complexity index is 609. The van der Waals surface area contributed by atoms with Gasteiger partial charge in [0.2, 0.25) is 0 Å². The summed E-state index contributed by atoms with van der Waals surface area (Å²) < 4.78 is 18.1. The molecule has 4 nitrogen and oxygen atoms in total. The highest BCUT2D eigenvalue weighted by atomic mass is 31.2. The lowest BCUT2D eigenvalue weighted by atomic mass is 10.2. The summed E-state index contributed by atoms with van der Waals surface area (Å²) in [5, 5.41) is 20.9. The molecule has 0 aliphatic carbocycles. The number of aryl methyl sites for hydroxylation is 2. The van der Waals surface area contributed by atoms with Crippen molar-refractivity contribution in [1.29, 1.82) is 0 Å². The summed E-state index contributed by atoms with van der Waals surface area (Å²) in [7, 11) is -2.50. The third kappa shape index (κ3) is 3.31. The van der Waals surface area contributed by atoms with Crippen molar-refractivity contribution in [2.45, 2.75) is 25.5 Å². The number of benzene rings is 2. The summed E-state index contributed by atoms with van der Waals surface area (Å²) in [5.41, 5.74) is 2.98. The number of aliphatic hydroxyl groups is 2. The summed E-state index contributed by atoms with van der Waals surface area (Å²) in [4.78, 5) is 0. The van der Waals surface area contributed by atoms with E-state index in [9.17, 15) is 14.8 Å². The molecular weight excluding hydrogens is 299 g/mol. The molecule has 0 spiro atoms. The molecule has 0 aliphatic rings. The predicted octanol–water partition coefficient (Wildman–Crippen LogP) is 3.91. The van der Waals surface area contributed by atoms with Crippen molar-refractivity contribution in [3.8, 4) is 0 Å². The van der Waals surface area contributed by atoms with E-state index in [-0.39, 0.29) is 0 Å². The third-order valence-electron chi connectivity index (χ3n) is 3.72. The maximum absolute atomic E-state index is 13.0. The second-order valence-corrected chi connectivity index (χ2v) is 8.03. The lowest BCUT2D eigenvalue weighted by Crippen LogP contribution is -2.09. The number of aliphatic hydroxyl groups excluding tert-OH is 2. The average Bonchev–Trinajstić information content (AvgIpc) is 2.54. The van der Waals surface area contributed by atoms with Crippen molar-refractivity contribution in [1.82, 2.24) is 0 Å². The Morgan fingerprint density at radius 2 is 1.14 bits per heavy atom. The maximum atomic E-state index is 13.0. The lowest BCUT2D eigenvalue weighted by molar-refractivity contribution is 0.175. The molecule has 0 radical (unpaired) electrons. The van der Waals surface area contributed by atoms with Crippen LogP contribution in [0.3, 0.4) is 0 Å². The Morgan fingerprint density at radius 1 is 0.818 bits per heavy atom. The SMILES string of the molecule is COP(=O)([C@H](O)c1ccc(C)cc1)[C@H](O)c1ccc(C)cc1. The summed E-state index contributed by atoms with van der Waals surface area (Å²) in [5.74, 6) is -2.76. The van der Waals surface area contributed by atoms with Crippen LogP contribution in [-0.2, 0) is 9.09 Å². The van der Waals surface area contributed by atoms with Crippen LogP contribution in [0.4, 0.5) is 0 Å². The van der Waals surface area contributed by atoms with E-state index in [0.29, 0.717) is 11.1 Å². The maximum Gasteiger partial charge on any atom is 0.266 e. The minimum absolute atomic E-state index is 0.460. The van der Waals surface area contributed by atoms with Crippen LogP contribution in [0.5, 0.6) is 0 Å². The number of rotatable bonds is 5. The highest BCUT2D eigenvalue weighted by Gasteiger charge is 2.41. The first kappa shape index (κ1) is 16.9. The Kier molecular flexibility index (Phi) is 5.20. The third-order valence-corrected chi connectivity index (χ3v) is 6.25. The summed E-state index contributed by atoms with van der Waals surface area (Å²) in [6.45, 7) is 3.85. The first-order valence-corrected chi connectivity index (χ1v) is 8.79. The van der Waals surface area contributed by atoms with Gasteiger partial charge in [0.1, 0.15) is 0 Å². The Labute approximate surface area is 130 Å². The van der Waals surface area contributed by atoms with Gasteiger partial charge < -0.3 is 14.7 Å². The standard InChI is InChI=1S/C17H21O4P/c1-12-4-8-14(9-5-12)16(18)22(20,21-3)17(19)15-10-6-13(2)7-11-15/h4-11,16-19H,1-3H3/t16-,17-/m0/s1. The van der Waals surface area contributed by atoms with Crippen LogP contribution in [-0.4, -0.2) is 17.3 Å². The molecule has 2 N–H and O–H groups in total.